The van der Waals surface area contributed by atoms with Crippen molar-refractivity contribution < 1.29 is 21.6 Å². The minimum atomic E-state index is -4.49. The molecule has 1 aromatic carbocycles. The van der Waals surface area contributed by atoms with Gasteiger partial charge in [-0.2, -0.15) is 13.2 Å². The molecular weight excluding hydrogens is 341 g/mol. The monoisotopic (exact) mass is 360 g/mol. The van der Waals surface area contributed by atoms with Gasteiger partial charge >= 0.3 is 6.18 Å². The smallest absolute Gasteiger partial charge is 0.330 e. The lowest BCUT2D eigenvalue weighted by atomic mass is 9.94. The number of sulfonamides is 1. The quantitative estimate of drug-likeness (QED) is 0.878. The van der Waals surface area contributed by atoms with Crippen LogP contribution in [0.25, 0.3) is 0 Å². The van der Waals surface area contributed by atoms with Crippen LogP contribution in [-0.2, 0) is 16.2 Å². The summed E-state index contributed by atoms with van der Waals surface area (Å²) in [6.45, 7) is 4.09. The van der Waals surface area contributed by atoms with Gasteiger partial charge in [-0.05, 0) is 36.2 Å². The zero-order valence-electron chi connectivity index (χ0n) is 12.5. The molecule has 2 N–H and O–H groups in total. The molecule has 1 rings (SSSR count). The Morgan fingerprint density at radius 2 is 1.59 bits per heavy atom. The molecule has 0 aliphatic rings. The van der Waals surface area contributed by atoms with Crippen molar-refractivity contribution in [2.45, 2.75) is 24.9 Å². The fourth-order valence-corrected chi connectivity index (χ4v) is 3.11. The number of hydrogen-bond donors (Lipinski definition) is 1. The Hall–Kier alpha value is -0.830. The fraction of sp³-hybridized carbons (Fsp3) is 0.538. The predicted molar refractivity (Wildman–Crippen MR) is 81.3 cm³/mol. The molecule has 0 amide bonds. The maximum Gasteiger partial charge on any atom is 0.416 e. The van der Waals surface area contributed by atoms with Crippen molar-refractivity contribution in [3.8, 4) is 0 Å². The lowest BCUT2D eigenvalue weighted by molar-refractivity contribution is -0.137. The Morgan fingerprint density at radius 3 is 1.95 bits per heavy atom. The maximum atomic E-state index is 12.5. The molecule has 0 aliphatic carbocycles. The minimum absolute atomic E-state index is 0. The molecule has 4 nitrogen and oxygen atoms in total. The van der Waals surface area contributed by atoms with Gasteiger partial charge in [0, 0.05) is 13.6 Å². The summed E-state index contributed by atoms with van der Waals surface area (Å²) in [5.74, 6) is 0. The second kappa shape index (κ2) is 7.16. The van der Waals surface area contributed by atoms with Gasteiger partial charge in [-0.15, -0.1) is 12.4 Å². The Kier molecular flexibility index (Phi) is 6.89. The van der Waals surface area contributed by atoms with E-state index in [1.165, 1.54) is 7.05 Å². The summed E-state index contributed by atoms with van der Waals surface area (Å²) < 4.78 is 63.1. The average molecular weight is 361 g/mol. The highest BCUT2D eigenvalue weighted by Crippen LogP contribution is 2.30. The van der Waals surface area contributed by atoms with E-state index in [0.29, 0.717) is 6.54 Å². The number of nitrogens with zero attached hydrogens (tertiary/aromatic N) is 1. The second-order valence-corrected chi connectivity index (χ2v) is 7.70. The fourth-order valence-electron chi connectivity index (χ4n) is 1.75. The van der Waals surface area contributed by atoms with E-state index in [2.05, 4.69) is 0 Å². The molecule has 0 spiro atoms. The van der Waals surface area contributed by atoms with Crippen molar-refractivity contribution in [3.05, 3.63) is 29.8 Å². The number of halogens is 4. The van der Waals surface area contributed by atoms with E-state index in [9.17, 15) is 21.6 Å². The maximum absolute atomic E-state index is 12.5. The van der Waals surface area contributed by atoms with Crippen LogP contribution in [0.15, 0.2) is 29.2 Å². The predicted octanol–water partition coefficient (Wildman–Crippen LogP) is 2.73. The van der Waals surface area contributed by atoms with Crippen molar-refractivity contribution in [1.82, 2.24) is 4.31 Å². The van der Waals surface area contributed by atoms with Crippen molar-refractivity contribution in [1.29, 1.82) is 0 Å². The van der Waals surface area contributed by atoms with Crippen LogP contribution in [0.2, 0.25) is 0 Å². The second-order valence-electron chi connectivity index (χ2n) is 5.65. The number of hydrogen-bond acceptors (Lipinski definition) is 3. The lowest BCUT2D eigenvalue weighted by Gasteiger charge is -2.28. The summed E-state index contributed by atoms with van der Waals surface area (Å²) in [5.41, 5.74) is 4.25. The molecule has 128 valence electrons. The molecule has 0 aliphatic heterocycles. The lowest BCUT2D eigenvalue weighted by Crippen LogP contribution is -2.39. The molecule has 0 fully saturated rings. The highest BCUT2D eigenvalue weighted by atomic mass is 35.5. The average Bonchev–Trinajstić information content (AvgIpc) is 2.37. The van der Waals surface area contributed by atoms with Gasteiger partial charge in [0.05, 0.1) is 10.5 Å². The number of alkyl halides is 3. The number of nitrogens with two attached hydrogens (primary N) is 1. The third-order valence-electron chi connectivity index (χ3n) is 3.09. The van der Waals surface area contributed by atoms with E-state index in [1.807, 2.05) is 13.8 Å². The van der Waals surface area contributed by atoms with Gasteiger partial charge in [0.1, 0.15) is 0 Å². The Balaban J connectivity index is 0.00000441. The van der Waals surface area contributed by atoms with Crippen LogP contribution in [0.1, 0.15) is 19.4 Å². The van der Waals surface area contributed by atoms with Gasteiger partial charge in [-0.1, -0.05) is 13.8 Å². The van der Waals surface area contributed by atoms with Crippen LogP contribution in [0.5, 0.6) is 0 Å². The Bertz CT molecular complexity index is 586. The van der Waals surface area contributed by atoms with E-state index in [-0.39, 0.29) is 23.8 Å². The van der Waals surface area contributed by atoms with Crippen LogP contribution in [0.3, 0.4) is 0 Å². The summed E-state index contributed by atoms with van der Waals surface area (Å²) >= 11 is 0. The summed E-state index contributed by atoms with van der Waals surface area (Å²) in [7, 11) is -2.45. The van der Waals surface area contributed by atoms with Crippen molar-refractivity contribution >= 4 is 22.4 Å². The number of benzene rings is 1. The first kappa shape index (κ1) is 21.2. The van der Waals surface area contributed by atoms with Crippen LogP contribution < -0.4 is 5.73 Å². The zero-order valence-corrected chi connectivity index (χ0v) is 14.1. The standard InChI is InChI=1S/C13H19F3N2O2S.ClH/c1-12(2,8-17)9-18(3)21(19,20)11-6-4-10(5-7-11)13(14,15)16;/h4-7H,8-9,17H2,1-3H3;1H. The highest BCUT2D eigenvalue weighted by Gasteiger charge is 2.32. The molecule has 9 heteroatoms. The summed E-state index contributed by atoms with van der Waals surface area (Å²) in [6, 6.07) is 3.44. The third kappa shape index (κ3) is 5.12. The Morgan fingerprint density at radius 1 is 1.14 bits per heavy atom. The SMILES string of the molecule is CN(CC(C)(C)CN)S(=O)(=O)c1ccc(C(F)(F)F)cc1.Cl. The largest absolute Gasteiger partial charge is 0.416 e. The molecule has 0 atom stereocenters. The molecule has 0 heterocycles. The normalized spacial score (nSPS) is 13.1. The van der Waals surface area contributed by atoms with Crippen molar-refractivity contribution in [2.24, 2.45) is 11.1 Å². The van der Waals surface area contributed by atoms with Gasteiger partial charge in [0.15, 0.2) is 0 Å². The van der Waals surface area contributed by atoms with Gasteiger partial charge in [0.2, 0.25) is 10.0 Å². The van der Waals surface area contributed by atoms with Gasteiger partial charge in [0.25, 0.3) is 0 Å². The zero-order chi connectivity index (χ0) is 16.5. The van der Waals surface area contributed by atoms with Crippen LogP contribution in [0, 0.1) is 5.41 Å². The molecule has 0 unspecified atom stereocenters. The van der Waals surface area contributed by atoms with E-state index < -0.39 is 27.2 Å². The van der Waals surface area contributed by atoms with E-state index in [4.69, 9.17) is 5.73 Å². The Labute approximate surface area is 134 Å². The minimum Gasteiger partial charge on any atom is -0.330 e. The van der Waals surface area contributed by atoms with Crippen LogP contribution in [0.4, 0.5) is 13.2 Å². The highest BCUT2D eigenvalue weighted by molar-refractivity contribution is 7.89. The molecule has 22 heavy (non-hydrogen) atoms. The van der Waals surface area contributed by atoms with Gasteiger partial charge < -0.3 is 5.73 Å². The van der Waals surface area contributed by atoms with Crippen LogP contribution in [-0.4, -0.2) is 32.9 Å². The molecular formula is C13H20ClF3N2O2S. The first-order valence-electron chi connectivity index (χ1n) is 6.24. The van der Waals surface area contributed by atoms with Crippen LogP contribution >= 0.6 is 12.4 Å². The third-order valence-corrected chi connectivity index (χ3v) is 4.91. The van der Waals surface area contributed by atoms with Gasteiger partial charge in [-0.25, -0.2) is 12.7 Å². The molecule has 0 radical (unpaired) electrons. The molecule has 1 aromatic rings. The van der Waals surface area contributed by atoms with E-state index in [0.717, 1.165) is 28.6 Å². The van der Waals surface area contributed by atoms with E-state index >= 15 is 0 Å². The first-order valence-corrected chi connectivity index (χ1v) is 7.68. The summed E-state index contributed by atoms with van der Waals surface area (Å²) in [4.78, 5) is -0.175. The van der Waals surface area contributed by atoms with Crippen molar-refractivity contribution in [3.63, 3.8) is 0 Å². The first-order chi connectivity index (χ1) is 9.40. The molecule has 0 aromatic heterocycles. The summed E-state index contributed by atoms with van der Waals surface area (Å²) in [5, 5.41) is 0. The summed E-state index contributed by atoms with van der Waals surface area (Å²) in [6.07, 6.45) is -4.49. The van der Waals surface area contributed by atoms with E-state index in [1.54, 1.807) is 0 Å². The molecule has 0 saturated carbocycles. The molecule has 0 saturated heterocycles. The molecule has 0 bridgehead atoms. The van der Waals surface area contributed by atoms with Crippen molar-refractivity contribution in [2.75, 3.05) is 20.1 Å². The number of rotatable bonds is 5. The van der Waals surface area contributed by atoms with Gasteiger partial charge in [-0.3, -0.25) is 0 Å². The topological polar surface area (TPSA) is 63.4 Å².